The Morgan fingerprint density at radius 1 is 1.24 bits per heavy atom. The Morgan fingerprint density at radius 2 is 2.04 bits per heavy atom. The van der Waals surface area contributed by atoms with E-state index in [0.717, 1.165) is 0 Å². The largest absolute Gasteiger partial charge is 0.436 e. The second-order valence-corrected chi connectivity index (χ2v) is 6.22. The Balaban J connectivity index is 1.81. The summed E-state index contributed by atoms with van der Waals surface area (Å²) in [6.45, 7) is 3.57. The molecule has 0 aliphatic carbocycles. The Morgan fingerprint density at radius 3 is 2.76 bits per heavy atom. The maximum atomic E-state index is 13.3. The van der Waals surface area contributed by atoms with Gasteiger partial charge in [-0.25, -0.2) is 9.37 Å². The number of thiocarbonyl (C=S) groups is 1. The molecule has 3 aromatic rings. The minimum absolute atomic E-state index is 0.159. The first-order valence-electron chi connectivity index (χ1n) is 7.71. The molecule has 7 heteroatoms. The number of nitrogens with one attached hydrogen (secondary N) is 2. The summed E-state index contributed by atoms with van der Waals surface area (Å²) >= 11 is 5.12. The Labute approximate surface area is 149 Å². The highest BCUT2D eigenvalue weighted by Gasteiger charge is 2.11. The lowest BCUT2D eigenvalue weighted by Gasteiger charge is -2.10. The highest BCUT2D eigenvalue weighted by atomic mass is 32.1. The van der Waals surface area contributed by atoms with Crippen LogP contribution >= 0.6 is 12.2 Å². The van der Waals surface area contributed by atoms with Crippen LogP contribution in [0, 0.1) is 11.7 Å². The highest BCUT2D eigenvalue weighted by Crippen LogP contribution is 2.26. The molecule has 5 nitrogen and oxygen atoms in total. The summed E-state index contributed by atoms with van der Waals surface area (Å²) in [5, 5.41) is 5.76. The molecule has 0 atom stereocenters. The standard InChI is InChI=1S/C18H16FN3O2S/c1-10(2)16(23)22-18(25)20-13-6-7-15-14(9-13)21-17(24-15)11-4-3-5-12(19)8-11/h3-10H,1-2H3,(H2,20,22,23,25). The van der Waals surface area contributed by atoms with Crippen molar-refractivity contribution < 1.29 is 13.6 Å². The molecule has 0 fully saturated rings. The summed E-state index contributed by atoms with van der Waals surface area (Å²) in [6.07, 6.45) is 0. The number of halogens is 1. The van der Waals surface area contributed by atoms with Crippen LogP contribution in [-0.2, 0) is 4.79 Å². The maximum Gasteiger partial charge on any atom is 0.228 e. The number of hydrogen-bond acceptors (Lipinski definition) is 4. The fraction of sp³-hybridized carbons (Fsp3) is 0.167. The van der Waals surface area contributed by atoms with Crippen molar-refractivity contribution in [2.45, 2.75) is 13.8 Å². The van der Waals surface area contributed by atoms with E-state index in [1.54, 1.807) is 44.2 Å². The average molecular weight is 357 g/mol. The van der Waals surface area contributed by atoms with E-state index in [-0.39, 0.29) is 22.8 Å². The zero-order chi connectivity index (χ0) is 18.0. The Bertz CT molecular complexity index is 952. The number of oxazole rings is 1. The van der Waals surface area contributed by atoms with Crippen LogP contribution in [0.3, 0.4) is 0 Å². The lowest BCUT2D eigenvalue weighted by atomic mass is 10.2. The molecule has 0 aliphatic heterocycles. The predicted octanol–water partition coefficient (Wildman–Crippen LogP) is 4.10. The lowest BCUT2D eigenvalue weighted by molar-refractivity contribution is -0.122. The molecule has 0 aliphatic rings. The van der Waals surface area contributed by atoms with Gasteiger partial charge in [0, 0.05) is 17.2 Å². The molecular formula is C18H16FN3O2S. The highest BCUT2D eigenvalue weighted by molar-refractivity contribution is 7.80. The molecule has 1 amide bonds. The molecule has 2 aromatic carbocycles. The number of carbonyl (C=O) groups is 1. The second-order valence-electron chi connectivity index (χ2n) is 5.81. The van der Waals surface area contributed by atoms with Gasteiger partial charge in [0.1, 0.15) is 11.3 Å². The van der Waals surface area contributed by atoms with Crippen LogP contribution in [0.15, 0.2) is 46.9 Å². The second kappa shape index (κ2) is 6.98. The molecule has 3 rings (SSSR count). The van der Waals surface area contributed by atoms with Gasteiger partial charge in [-0.2, -0.15) is 0 Å². The Hall–Kier alpha value is -2.80. The molecule has 0 unspecified atom stereocenters. The molecule has 1 aromatic heterocycles. The van der Waals surface area contributed by atoms with Gasteiger partial charge < -0.3 is 15.1 Å². The number of fused-ring (bicyclic) bond motifs is 1. The maximum absolute atomic E-state index is 13.3. The van der Waals surface area contributed by atoms with Crippen LogP contribution in [0.5, 0.6) is 0 Å². The zero-order valence-electron chi connectivity index (χ0n) is 13.7. The normalized spacial score (nSPS) is 10.9. The summed E-state index contributed by atoms with van der Waals surface area (Å²) < 4.78 is 19.0. The number of anilines is 1. The minimum Gasteiger partial charge on any atom is -0.436 e. The van der Waals surface area contributed by atoms with E-state index in [0.29, 0.717) is 28.2 Å². The molecule has 1 heterocycles. The Kier molecular flexibility index (Phi) is 4.76. The SMILES string of the molecule is CC(C)C(=O)NC(=S)Nc1ccc2oc(-c3cccc(F)c3)nc2c1. The molecule has 2 N–H and O–H groups in total. The minimum atomic E-state index is -0.353. The van der Waals surface area contributed by atoms with Gasteiger partial charge in [0.2, 0.25) is 11.8 Å². The van der Waals surface area contributed by atoms with E-state index >= 15 is 0 Å². The molecule has 0 bridgehead atoms. The fourth-order valence-corrected chi connectivity index (χ4v) is 2.39. The number of amides is 1. The van der Waals surface area contributed by atoms with Crippen molar-refractivity contribution in [2.24, 2.45) is 5.92 Å². The number of benzene rings is 2. The van der Waals surface area contributed by atoms with Crippen molar-refractivity contribution in [3.8, 4) is 11.5 Å². The third-order valence-corrected chi connectivity index (χ3v) is 3.68. The monoisotopic (exact) mass is 357 g/mol. The van der Waals surface area contributed by atoms with Crippen molar-refractivity contribution in [2.75, 3.05) is 5.32 Å². The molecule has 25 heavy (non-hydrogen) atoms. The number of nitrogens with zero attached hydrogens (tertiary/aromatic N) is 1. The van der Waals surface area contributed by atoms with Gasteiger partial charge in [0.25, 0.3) is 0 Å². The van der Waals surface area contributed by atoms with Crippen LogP contribution in [-0.4, -0.2) is 16.0 Å². The van der Waals surface area contributed by atoms with Crippen LogP contribution in [0.2, 0.25) is 0 Å². The first-order chi connectivity index (χ1) is 11.9. The van der Waals surface area contributed by atoms with E-state index in [4.69, 9.17) is 16.6 Å². The summed E-state index contributed by atoms with van der Waals surface area (Å²) in [4.78, 5) is 16.0. The fourth-order valence-electron chi connectivity index (χ4n) is 2.17. The van der Waals surface area contributed by atoms with Crippen molar-refractivity contribution in [3.05, 3.63) is 48.3 Å². The summed E-state index contributed by atoms with van der Waals surface area (Å²) in [5.74, 6) is -0.337. The number of aromatic nitrogens is 1. The summed E-state index contributed by atoms with van der Waals surface area (Å²) in [7, 11) is 0. The van der Waals surface area contributed by atoms with Gasteiger partial charge in [-0.05, 0) is 48.6 Å². The van der Waals surface area contributed by atoms with Crippen molar-refractivity contribution in [1.82, 2.24) is 10.3 Å². The van der Waals surface area contributed by atoms with Gasteiger partial charge in [-0.3, -0.25) is 4.79 Å². The van der Waals surface area contributed by atoms with Crippen LogP contribution in [0.1, 0.15) is 13.8 Å². The van der Waals surface area contributed by atoms with E-state index in [2.05, 4.69) is 15.6 Å². The van der Waals surface area contributed by atoms with E-state index in [1.165, 1.54) is 12.1 Å². The quantitative estimate of drug-likeness (QED) is 0.691. The topological polar surface area (TPSA) is 67.2 Å². The molecule has 0 radical (unpaired) electrons. The first-order valence-corrected chi connectivity index (χ1v) is 8.11. The van der Waals surface area contributed by atoms with E-state index < -0.39 is 0 Å². The van der Waals surface area contributed by atoms with Crippen LogP contribution in [0.4, 0.5) is 10.1 Å². The van der Waals surface area contributed by atoms with Crippen LogP contribution < -0.4 is 10.6 Å². The van der Waals surface area contributed by atoms with E-state index in [9.17, 15) is 9.18 Å². The molecule has 0 saturated carbocycles. The van der Waals surface area contributed by atoms with Crippen molar-refractivity contribution in [3.63, 3.8) is 0 Å². The third-order valence-electron chi connectivity index (χ3n) is 3.48. The lowest BCUT2D eigenvalue weighted by Crippen LogP contribution is -2.36. The molecule has 0 spiro atoms. The van der Waals surface area contributed by atoms with Gasteiger partial charge in [0.05, 0.1) is 0 Å². The van der Waals surface area contributed by atoms with E-state index in [1.807, 2.05) is 0 Å². The third kappa shape index (κ3) is 4.00. The number of rotatable bonds is 3. The molecule has 128 valence electrons. The predicted molar refractivity (Wildman–Crippen MR) is 98.6 cm³/mol. The number of carbonyl (C=O) groups excluding carboxylic acids is 1. The molecule has 0 saturated heterocycles. The van der Waals surface area contributed by atoms with Gasteiger partial charge >= 0.3 is 0 Å². The zero-order valence-corrected chi connectivity index (χ0v) is 14.5. The molecular weight excluding hydrogens is 341 g/mol. The summed E-state index contributed by atoms with van der Waals surface area (Å²) in [6, 6.07) is 11.3. The summed E-state index contributed by atoms with van der Waals surface area (Å²) in [5.41, 5.74) is 2.40. The number of hydrogen-bond donors (Lipinski definition) is 2. The van der Waals surface area contributed by atoms with Gasteiger partial charge in [-0.1, -0.05) is 19.9 Å². The van der Waals surface area contributed by atoms with Crippen LogP contribution in [0.25, 0.3) is 22.6 Å². The average Bonchev–Trinajstić information content (AvgIpc) is 2.98. The van der Waals surface area contributed by atoms with Gasteiger partial charge in [-0.15, -0.1) is 0 Å². The smallest absolute Gasteiger partial charge is 0.228 e. The van der Waals surface area contributed by atoms with Gasteiger partial charge in [0.15, 0.2) is 10.7 Å². The van der Waals surface area contributed by atoms with Crippen molar-refractivity contribution in [1.29, 1.82) is 0 Å². The van der Waals surface area contributed by atoms with Crippen molar-refractivity contribution >= 4 is 40.0 Å². The first kappa shape index (κ1) is 17.0.